The zero-order chi connectivity index (χ0) is 12.4. The molecule has 0 saturated carbocycles. The highest BCUT2D eigenvalue weighted by Gasteiger charge is 2.16. The predicted octanol–water partition coefficient (Wildman–Crippen LogP) is 1.56. The van der Waals surface area contributed by atoms with Crippen LogP contribution in [0.1, 0.15) is 34.4 Å². The molecule has 0 spiro atoms. The van der Waals surface area contributed by atoms with Crippen molar-refractivity contribution in [3.63, 3.8) is 0 Å². The van der Waals surface area contributed by atoms with Crippen molar-refractivity contribution in [2.75, 3.05) is 5.32 Å². The van der Waals surface area contributed by atoms with E-state index in [1.165, 1.54) is 0 Å². The van der Waals surface area contributed by atoms with Gasteiger partial charge in [0, 0.05) is 17.5 Å². The number of aromatic nitrogens is 4. The molecule has 6 nitrogen and oxygen atoms in total. The number of aryl methyl sites for hydroxylation is 3. The van der Waals surface area contributed by atoms with E-state index in [4.69, 9.17) is 0 Å². The van der Waals surface area contributed by atoms with Crippen molar-refractivity contribution in [3.8, 4) is 0 Å². The molecular weight excluding hydrogens is 218 g/mol. The SMILES string of the molecule is CCc1cc(NC(=O)c2c(C)n[nH]c2C)n[nH]1. The fourth-order valence-corrected chi connectivity index (χ4v) is 1.67. The van der Waals surface area contributed by atoms with Gasteiger partial charge >= 0.3 is 0 Å². The molecule has 2 heterocycles. The van der Waals surface area contributed by atoms with Crippen LogP contribution in [0.25, 0.3) is 0 Å². The smallest absolute Gasteiger partial charge is 0.260 e. The van der Waals surface area contributed by atoms with E-state index in [0.717, 1.165) is 17.8 Å². The van der Waals surface area contributed by atoms with Crippen LogP contribution in [0.4, 0.5) is 5.82 Å². The number of aromatic amines is 2. The Morgan fingerprint density at radius 2 is 2.12 bits per heavy atom. The molecule has 17 heavy (non-hydrogen) atoms. The van der Waals surface area contributed by atoms with Gasteiger partial charge in [-0.1, -0.05) is 6.92 Å². The zero-order valence-electron chi connectivity index (χ0n) is 10.1. The Hall–Kier alpha value is -2.11. The second-order valence-corrected chi connectivity index (χ2v) is 3.90. The van der Waals surface area contributed by atoms with Crippen LogP contribution in [0.15, 0.2) is 6.07 Å². The summed E-state index contributed by atoms with van der Waals surface area (Å²) in [5.41, 5.74) is 3.00. The van der Waals surface area contributed by atoms with Gasteiger partial charge in [-0.15, -0.1) is 0 Å². The number of nitrogens with zero attached hydrogens (tertiary/aromatic N) is 2. The highest BCUT2D eigenvalue weighted by molar-refractivity contribution is 6.05. The molecule has 90 valence electrons. The third-order valence-corrected chi connectivity index (χ3v) is 2.61. The Balaban J connectivity index is 2.17. The Kier molecular flexibility index (Phi) is 2.95. The minimum atomic E-state index is -0.192. The first kappa shape index (κ1) is 11.4. The Morgan fingerprint density at radius 1 is 1.35 bits per heavy atom. The molecule has 3 N–H and O–H groups in total. The van der Waals surface area contributed by atoms with E-state index in [0.29, 0.717) is 17.1 Å². The van der Waals surface area contributed by atoms with Crippen LogP contribution in [0.2, 0.25) is 0 Å². The summed E-state index contributed by atoms with van der Waals surface area (Å²) in [7, 11) is 0. The van der Waals surface area contributed by atoms with Gasteiger partial charge in [0.1, 0.15) is 0 Å². The fraction of sp³-hybridized carbons (Fsp3) is 0.364. The number of hydrogen-bond donors (Lipinski definition) is 3. The molecule has 0 aliphatic rings. The first-order chi connectivity index (χ1) is 8.11. The van der Waals surface area contributed by atoms with E-state index in [2.05, 4.69) is 25.7 Å². The summed E-state index contributed by atoms with van der Waals surface area (Å²) < 4.78 is 0. The number of H-pyrrole nitrogens is 2. The molecule has 2 aromatic heterocycles. The molecule has 0 bridgehead atoms. The summed E-state index contributed by atoms with van der Waals surface area (Å²) in [5.74, 6) is 0.342. The molecule has 2 aromatic rings. The van der Waals surface area contributed by atoms with E-state index < -0.39 is 0 Å². The van der Waals surface area contributed by atoms with Gasteiger partial charge in [-0.3, -0.25) is 15.0 Å². The lowest BCUT2D eigenvalue weighted by Crippen LogP contribution is -2.13. The molecule has 2 rings (SSSR count). The van der Waals surface area contributed by atoms with Crippen LogP contribution in [0.3, 0.4) is 0 Å². The molecule has 0 atom stereocenters. The van der Waals surface area contributed by atoms with Crippen molar-refractivity contribution in [1.29, 1.82) is 0 Å². The molecule has 0 saturated heterocycles. The number of hydrogen-bond acceptors (Lipinski definition) is 3. The number of carbonyl (C=O) groups excluding carboxylic acids is 1. The summed E-state index contributed by atoms with van der Waals surface area (Å²) in [5, 5.41) is 16.4. The monoisotopic (exact) mass is 233 g/mol. The lowest BCUT2D eigenvalue weighted by molar-refractivity contribution is 0.102. The van der Waals surface area contributed by atoms with Crippen LogP contribution in [-0.2, 0) is 6.42 Å². The first-order valence-electron chi connectivity index (χ1n) is 5.49. The van der Waals surface area contributed by atoms with Crippen LogP contribution >= 0.6 is 0 Å². The highest BCUT2D eigenvalue weighted by atomic mass is 16.1. The molecule has 6 heteroatoms. The topological polar surface area (TPSA) is 86.5 Å². The number of carbonyl (C=O) groups is 1. The van der Waals surface area contributed by atoms with Gasteiger partial charge in [-0.2, -0.15) is 10.2 Å². The number of amides is 1. The van der Waals surface area contributed by atoms with Gasteiger partial charge < -0.3 is 5.32 Å². The van der Waals surface area contributed by atoms with E-state index in [1.807, 2.05) is 19.9 Å². The summed E-state index contributed by atoms with van der Waals surface area (Å²) >= 11 is 0. The first-order valence-corrected chi connectivity index (χ1v) is 5.49. The molecule has 0 aromatic carbocycles. The minimum Gasteiger partial charge on any atom is -0.305 e. The molecule has 0 fully saturated rings. The normalized spacial score (nSPS) is 10.5. The van der Waals surface area contributed by atoms with E-state index >= 15 is 0 Å². The molecule has 1 amide bonds. The van der Waals surface area contributed by atoms with E-state index in [9.17, 15) is 4.79 Å². The summed E-state index contributed by atoms with van der Waals surface area (Å²) in [4.78, 5) is 12.0. The van der Waals surface area contributed by atoms with Gasteiger partial charge in [0.05, 0.1) is 11.3 Å². The Morgan fingerprint density at radius 3 is 2.65 bits per heavy atom. The van der Waals surface area contributed by atoms with Gasteiger partial charge in [0.2, 0.25) is 0 Å². The van der Waals surface area contributed by atoms with Crippen molar-refractivity contribution >= 4 is 11.7 Å². The van der Waals surface area contributed by atoms with Crippen LogP contribution in [0, 0.1) is 13.8 Å². The molecule has 0 aliphatic heterocycles. The Labute approximate surface area is 98.8 Å². The number of rotatable bonds is 3. The second kappa shape index (κ2) is 4.40. The molecule has 0 unspecified atom stereocenters. The molecular formula is C11H15N5O. The van der Waals surface area contributed by atoms with Crippen molar-refractivity contribution in [3.05, 3.63) is 28.7 Å². The molecule has 0 aliphatic carbocycles. The van der Waals surface area contributed by atoms with Crippen LogP contribution in [-0.4, -0.2) is 26.3 Å². The predicted molar refractivity (Wildman–Crippen MR) is 64.0 cm³/mol. The Bertz CT molecular complexity index is 520. The van der Waals surface area contributed by atoms with Crippen molar-refractivity contribution in [2.45, 2.75) is 27.2 Å². The summed E-state index contributed by atoms with van der Waals surface area (Å²) in [6, 6.07) is 1.82. The zero-order valence-corrected chi connectivity index (χ0v) is 10.1. The van der Waals surface area contributed by atoms with Crippen molar-refractivity contribution < 1.29 is 4.79 Å². The third kappa shape index (κ3) is 2.20. The maximum atomic E-state index is 12.0. The molecule has 0 radical (unpaired) electrons. The quantitative estimate of drug-likeness (QED) is 0.752. The van der Waals surface area contributed by atoms with Crippen molar-refractivity contribution in [1.82, 2.24) is 20.4 Å². The summed E-state index contributed by atoms with van der Waals surface area (Å²) in [6.07, 6.45) is 0.854. The van der Waals surface area contributed by atoms with Crippen molar-refractivity contribution in [2.24, 2.45) is 0 Å². The average Bonchev–Trinajstić information content (AvgIpc) is 2.86. The second-order valence-electron chi connectivity index (χ2n) is 3.90. The fourth-order valence-electron chi connectivity index (χ4n) is 1.67. The maximum Gasteiger partial charge on any atom is 0.260 e. The van der Waals surface area contributed by atoms with Gasteiger partial charge in [0.15, 0.2) is 5.82 Å². The number of anilines is 1. The largest absolute Gasteiger partial charge is 0.305 e. The van der Waals surface area contributed by atoms with Gasteiger partial charge in [-0.25, -0.2) is 0 Å². The summed E-state index contributed by atoms with van der Waals surface area (Å²) in [6.45, 7) is 5.63. The lowest BCUT2D eigenvalue weighted by Gasteiger charge is -2.01. The lowest BCUT2D eigenvalue weighted by atomic mass is 10.2. The average molecular weight is 233 g/mol. The minimum absolute atomic E-state index is 0.192. The number of nitrogens with one attached hydrogen (secondary N) is 3. The highest BCUT2D eigenvalue weighted by Crippen LogP contribution is 2.13. The third-order valence-electron chi connectivity index (χ3n) is 2.61. The standard InChI is InChI=1S/C11H15N5O/c1-4-8-5-9(16-15-8)12-11(17)10-6(2)13-14-7(10)3/h5H,4H2,1-3H3,(H,13,14)(H2,12,15,16,17). The van der Waals surface area contributed by atoms with Crippen LogP contribution in [0.5, 0.6) is 0 Å². The van der Waals surface area contributed by atoms with Gasteiger partial charge in [-0.05, 0) is 20.3 Å². The maximum absolute atomic E-state index is 12.0. The van der Waals surface area contributed by atoms with Crippen LogP contribution < -0.4 is 5.32 Å². The van der Waals surface area contributed by atoms with E-state index in [1.54, 1.807) is 6.92 Å². The van der Waals surface area contributed by atoms with E-state index in [-0.39, 0.29) is 5.91 Å². The van der Waals surface area contributed by atoms with Gasteiger partial charge in [0.25, 0.3) is 5.91 Å².